The standard InChI is InChI=1S/C19H20ClN5OS.C18H17BrClN5OS.2C18H18ClN5OS/c1-12-5-6-15-16(10-12)27-18(22-15)23-19(26)25-9-8-24(11-13(25)2)17-14(20)4-3-7-21-17;1-11-10-24(16-13(20)3-2-6-21-16)7-8-25(11)18(26)23-17-22-14-5-4-12(19)9-15(14)27-17;1-12-4-5-14-15(11-12)26-17(21-14)22-18(25)24-9-7-23(8-10-24)16-13(19)3-2-6-20-16;1-12-11-23(16-13(19)5-4-8-20-16)9-10-24(12)18(25)22-17-21-14-6-2-3-7-15(14)26-17/h3-7,10,13H,8-9,11H2,1-2H3,(H,22,23,26);2-6,9,11H,7-8,10H2,1H3,(H,22,23,26);2-6,11H,7-10H2,1H3,(H,21,22,25);2-8,12H,9-11H2,1H3,(H,21,22,25)/t13-;11-;;12-/m11.1/s1. The molecule has 548 valence electrons. The summed E-state index contributed by atoms with van der Waals surface area (Å²) in [5, 5.41) is 16.8. The summed E-state index contributed by atoms with van der Waals surface area (Å²) in [6.07, 6.45) is 6.93. The van der Waals surface area contributed by atoms with E-state index >= 15 is 0 Å². The topological polar surface area (TPSA) is 245 Å². The number of rotatable bonds is 8. The lowest BCUT2D eigenvalue weighted by Crippen LogP contribution is -2.55. The summed E-state index contributed by atoms with van der Waals surface area (Å²) in [7, 11) is 0. The van der Waals surface area contributed by atoms with Crippen molar-refractivity contribution in [1.82, 2.24) is 59.5 Å². The van der Waals surface area contributed by atoms with E-state index in [1.807, 2.05) is 165 Å². The summed E-state index contributed by atoms with van der Waals surface area (Å²) in [4.78, 5) is 102. The SMILES string of the molecule is C[C@@H]1CN(c2ncccc2Cl)CCN1C(=O)Nc1nc2ccc(Br)cc2s1.C[C@@H]1CN(c2ncccc2Cl)CCN1C(=O)Nc1nc2ccccc2s1.Cc1ccc2nc(NC(=O)N3CCN(c4ncccc4Cl)CC3)sc2c1.Cc1ccc2nc(NC(=O)N3CCN(c4ncccc4Cl)C[C@H]3C)sc2c1. The number of aromatic nitrogens is 8. The Labute approximate surface area is 656 Å². The zero-order chi connectivity index (χ0) is 74.1. The van der Waals surface area contributed by atoms with Gasteiger partial charge in [0.2, 0.25) is 0 Å². The number of aryl methyl sites for hydroxylation is 2. The van der Waals surface area contributed by atoms with Crippen molar-refractivity contribution in [3.05, 3.63) is 188 Å². The fraction of sp³-hybridized carbons (Fsp3) is 0.288. The molecule has 16 rings (SSSR count). The minimum absolute atomic E-state index is 0.0281. The molecule has 8 aromatic heterocycles. The molecule has 3 atom stereocenters. The van der Waals surface area contributed by atoms with E-state index in [0.717, 1.165) is 68.6 Å². The molecule has 24 nitrogen and oxygen atoms in total. The monoisotopic (exact) mass is 1640 g/mol. The van der Waals surface area contributed by atoms with Gasteiger partial charge in [-0.1, -0.05) is 132 Å². The van der Waals surface area contributed by atoms with Gasteiger partial charge in [-0.05, 0) is 149 Å². The maximum Gasteiger partial charge on any atom is 0.324 e. The first-order valence-electron chi connectivity index (χ1n) is 34.1. The molecule has 12 heterocycles. The van der Waals surface area contributed by atoms with E-state index in [0.29, 0.717) is 126 Å². The van der Waals surface area contributed by atoms with Crippen molar-refractivity contribution in [2.24, 2.45) is 0 Å². The van der Waals surface area contributed by atoms with Gasteiger partial charge in [-0.15, -0.1) is 0 Å². The lowest BCUT2D eigenvalue weighted by atomic mass is 10.2. The summed E-state index contributed by atoms with van der Waals surface area (Å²) in [5.41, 5.74) is 5.95. The zero-order valence-corrected chi connectivity index (χ0v) is 66.0. The molecule has 0 radical (unpaired) electrons. The number of nitrogens with one attached hydrogen (secondary N) is 4. The van der Waals surface area contributed by atoms with E-state index in [9.17, 15) is 19.2 Å². The summed E-state index contributed by atoms with van der Waals surface area (Å²) < 4.78 is 5.24. The molecule has 106 heavy (non-hydrogen) atoms. The van der Waals surface area contributed by atoms with Crippen LogP contribution in [0.1, 0.15) is 31.9 Å². The lowest BCUT2D eigenvalue weighted by molar-refractivity contribution is 0.184. The van der Waals surface area contributed by atoms with Crippen LogP contribution in [-0.2, 0) is 0 Å². The van der Waals surface area contributed by atoms with Crippen LogP contribution in [0.4, 0.5) is 63.0 Å². The van der Waals surface area contributed by atoms with Crippen molar-refractivity contribution in [3.8, 4) is 0 Å². The van der Waals surface area contributed by atoms with Crippen molar-refractivity contribution < 1.29 is 19.2 Å². The number of halogens is 5. The van der Waals surface area contributed by atoms with Gasteiger partial charge in [0.15, 0.2) is 20.5 Å². The molecule has 4 aromatic carbocycles. The third-order valence-electron chi connectivity index (χ3n) is 18.0. The van der Waals surface area contributed by atoms with E-state index in [1.165, 1.54) is 56.5 Å². The predicted octanol–water partition coefficient (Wildman–Crippen LogP) is 17.3. The Kier molecular flexibility index (Phi) is 24.3. The molecular weight excluding hydrogens is 1570 g/mol. The van der Waals surface area contributed by atoms with Gasteiger partial charge in [-0.25, -0.2) is 59.0 Å². The van der Waals surface area contributed by atoms with Crippen molar-refractivity contribution >= 4 is 216 Å². The molecule has 0 unspecified atom stereocenters. The van der Waals surface area contributed by atoms with Gasteiger partial charge in [0.05, 0.1) is 61.0 Å². The van der Waals surface area contributed by atoms with Crippen molar-refractivity contribution in [2.75, 3.05) is 126 Å². The van der Waals surface area contributed by atoms with Gasteiger partial charge >= 0.3 is 24.1 Å². The molecule has 4 aliphatic heterocycles. The van der Waals surface area contributed by atoms with E-state index in [1.54, 1.807) is 29.7 Å². The molecule has 0 spiro atoms. The number of amides is 8. The number of pyridine rings is 4. The maximum atomic E-state index is 12.8. The molecule has 4 saturated heterocycles. The number of urea groups is 4. The maximum absolute atomic E-state index is 12.8. The third-order valence-corrected chi connectivity index (χ3v) is 23.4. The number of piperazine rings is 4. The Hall–Kier alpha value is -9.04. The molecule has 8 amide bonds. The normalized spacial score (nSPS) is 16.8. The van der Waals surface area contributed by atoms with Crippen LogP contribution < -0.4 is 40.9 Å². The van der Waals surface area contributed by atoms with Crippen LogP contribution in [0, 0.1) is 13.8 Å². The molecule has 4 aliphatic rings. The third kappa shape index (κ3) is 18.3. The van der Waals surface area contributed by atoms with Gasteiger partial charge in [-0.3, -0.25) is 21.3 Å². The second-order valence-corrected chi connectivity index (χ2v) is 32.2. The fourth-order valence-corrected chi connectivity index (χ4v) is 17.8. The first-order chi connectivity index (χ1) is 51.2. The van der Waals surface area contributed by atoms with Crippen molar-refractivity contribution in [3.63, 3.8) is 0 Å². The quantitative estimate of drug-likeness (QED) is 0.110. The highest BCUT2D eigenvalue weighted by Crippen LogP contribution is 2.35. The van der Waals surface area contributed by atoms with Crippen LogP contribution >= 0.6 is 108 Å². The predicted molar refractivity (Wildman–Crippen MR) is 438 cm³/mol. The van der Waals surface area contributed by atoms with E-state index in [2.05, 4.69) is 109 Å². The number of carbonyl (C=O) groups is 4. The summed E-state index contributed by atoms with van der Waals surface area (Å²) >= 11 is 34.4. The summed E-state index contributed by atoms with van der Waals surface area (Å²) in [6.45, 7) is 18.7. The van der Waals surface area contributed by atoms with Gasteiger partial charge in [0.1, 0.15) is 23.3 Å². The molecule has 0 bridgehead atoms. The summed E-state index contributed by atoms with van der Waals surface area (Å²) in [5.74, 6) is 3.08. The molecular formula is C73H73BrCl4N20O4S4. The Balaban J connectivity index is 0.000000125. The van der Waals surface area contributed by atoms with E-state index in [-0.39, 0.29) is 42.2 Å². The number of hydrogen-bond acceptors (Lipinski definition) is 20. The number of hydrogen-bond donors (Lipinski definition) is 4. The molecule has 4 fully saturated rings. The Morgan fingerprint density at radius 3 is 1.07 bits per heavy atom. The second-order valence-electron chi connectivity index (χ2n) is 25.5. The van der Waals surface area contributed by atoms with Crippen molar-refractivity contribution in [2.45, 2.75) is 52.7 Å². The zero-order valence-electron chi connectivity index (χ0n) is 58.2. The van der Waals surface area contributed by atoms with Gasteiger partial charge in [-0.2, -0.15) is 0 Å². The molecule has 0 saturated carbocycles. The van der Waals surface area contributed by atoms with Gasteiger partial charge in [0, 0.05) is 132 Å². The number of fused-ring (bicyclic) bond motifs is 4. The van der Waals surface area contributed by atoms with E-state index in [4.69, 9.17) is 46.4 Å². The highest BCUT2D eigenvalue weighted by molar-refractivity contribution is 9.10. The largest absolute Gasteiger partial charge is 0.352 e. The average Bonchev–Trinajstić information content (AvgIpc) is 1.66. The molecule has 33 heteroatoms. The Morgan fingerprint density at radius 1 is 0.377 bits per heavy atom. The number of benzene rings is 4. The van der Waals surface area contributed by atoms with Crippen LogP contribution in [0.15, 0.2) is 157 Å². The van der Waals surface area contributed by atoms with E-state index < -0.39 is 0 Å². The van der Waals surface area contributed by atoms with Crippen LogP contribution in [0.3, 0.4) is 0 Å². The molecule has 12 aromatic rings. The number of thiazole rings is 4. The van der Waals surface area contributed by atoms with Crippen LogP contribution in [0.25, 0.3) is 40.9 Å². The van der Waals surface area contributed by atoms with Crippen molar-refractivity contribution in [1.29, 1.82) is 0 Å². The minimum Gasteiger partial charge on any atom is -0.352 e. The Morgan fingerprint density at radius 2 is 0.698 bits per heavy atom. The lowest BCUT2D eigenvalue weighted by Gasteiger charge is -2.40. The van der Waals surface area contributed by atoms with Gasteiger partial charge in [0.25, 0.3) is 0 Å². The van der Waals surface area contributed by atoms with Crippen LogP contribution in [0.5, 0.6) is 0 Å². The fourth-order valence-electron chi connectivity index (χ4n) is 12.6. The average molecular weight is 1640 g/mol. The highest BCUT2D eigenvalue weighted by Gasteiger charge is 2.33. The first-order valence-corrected chi connectivity index (χ1v) is 39.7. The van der Waals surface area contributed by atoms with Gasteiger partial charge < -0.3 is 39.2 Å². The first kappa shape index (κ1) is 75.2. The highest BCUT2D eigenvalue weighted by atomic mass is 79.9. The minimum atomic E-state index is -0.132. The number of carbonyl (C=O) groups excluding carboxylic acids is 4. The smallest absolute Gasteiger partial charge is 0.324 e. The summed E-state index contributed by atoms with van der Waals surface area (Å²) in [6, 6.07) is 40.1. The van der Waals surface area contributed by atoms with Crippen LogP contribution in [-0.4, -0.2) is 187 Å². The Bertz CT molecular complexity index is 4950. The number of nitrogens with zero attached hydrogens (tertiary/aromatic N) is 16. The molecule has 0 aliphatic carbocycles. The second kappa shape index (κ2) is 34.2. The van der Waals surface area contributed by atoms with Crippen LogP contribution in [0.2, 0.25) is 20.1 Å². The number of para-hydroxylation sites is 1. The number of anilines is 8. The molecule has 4 N–H and O–H groups in total.